The number of rotatable bonds is 5. The lowest BCUT2D eigenvalue weighted by molar-refractivity contribution is 0.284. The van der Waals surface area contributed by atoms with Crippen LogP contribution in [0.3, 0.4) is 0 Å². The molecule has 0 saturated carbocycles. The Labute approximate surface area is 93.1 Å². The summed E-state index contributed by atoms with van der Waals surface area (Å²) in [5.74, 6) is 0.599. The summed E-state index contributed by atoms with van der Waals surface area (Å²) in [6.45, 7) is 6.92. The molecule has 0 heterocycles. The van der Waals surface area contributed by atoms with Crippen LogP contribution in [0.1, 0.15) is 49.3 Å². The van der Waals surface area contributed by atoms with E-state index >= 15 is 0 Å². The van der Waals surface area contributed by atoms with Crippen molar-refractivity contribution in [3.05, 3.63) is 34.9 Å². The Bertz CT molecular complexity index is 302. The smallest absolute Gasteiger partial charge is 0.0431 e. The average Bonchev–Trinajstić information content (AvgIpc) is 2.20. The van der Waals surface area contributed by atoms with Gasteiger partial charge in [0, 0.05) is 6.61 Å². The molecule has 0 saturated heterocycles. The number of hydrogen-bond donors (Lipinski definition) is 1. The molecule has 0 atom stereocenters. The monoisotopic (exact) mass is 206 g/mol. The van der Waals surface area contributed by atoms with Crippen molar-refractivity contribution in [2.24, 2.45) is 0 Å². The van der Waals surface area contributed by atoms with Gasteiger partial charge in [-0.1, -0.05) is 32.0 Å². The highest BCUT2D eigenvalue weighted by Gasteiger charge is 2.03. The third-order valence-corrected chi connectivity index (χ3v) is 2.89. The first-order chi connectivity index (χ1) is 7.15. The number of aliphatic hydroxyl groups is 1. The molecule has 1 aromatic rings. The van der Waals surface area contributed by atoms with Gasteiger partial charge in [-0.2, -0.15) is 0 Å². The van der Waals surface area contributed by atoms with Crippen molar-refractivity contribution in [2.75, 3.05) is 6.61 Å². The van der Waals surface area contributed by atoms with Crippen LogP contribution in [0, 0.1) is 6.92 Å². The summed E-state index contributed by atoms with van der Waals surface area (Å²) >= 11 is 0. The van der Waals surface area contributed by atoms with Crippen molar-refractivity contribution in [2.45, 2.75) is 46.0 Å². The van der Waals surface area contributed by atoms with Crippen LogP contribution in [0.4, 0.5) is 0 Å². The van der Waals surface area contributed by atoms with Gasteiger partial charge in [0.2, 0.25) is 0 Å². The fraction of sp³-hybridized carbons (Fsp3) is 0.571. The summed E-state index contributed by atoms with van der Waals surface area (Å²) in [6.07, 6.45) is 3.08. The normalized spacial score (nSPS) is 11.0. The minimum Gasteiger partial charge on any atom is -0.396 e. The van der Waals surface area contributed by atoms with Gasteiger partial charge in [0.1, 0.15) is 0 Å². The van der Waals surface area contributed by atoms with Crippen LogP contribution in [0.2, 0.25) is 0 Å². The van der Waals surface area contributed by atoms with Crippen LogP contribution in [0.5, 0.6) is 0 Å². The second-order valence-electron chi connectivity index (χ2n) is 4.52. The van der Waals surface area contributed by atoms with E-state index in [1.807, 2.05) is 0 Å². The summed E-state index contributed by atoms with van der Waals surface area (Å²) in [6, 6.07) is 6.75. The molecular weight excluding hydrogens is 184 g/mol. The molecule has 1 N–H and O–H groups in total. The lowest BCUT2D eigenvalue weighted by atomic mass is 9.95. The summed E-state index contributed by atoms with van der Waals surface area (Å²) < 4.78 is 0. The molecule has 0 aliphatic rings. The quantitative estimate of drug-likeness (QED) is 0.732. The minimum absolute atomic E-state index is 0.308. The molecule has 0 bridgehead atoms. The van der Waals surface area contributed by atoms with Gasteiger partial charge in [-0.15, -0.1) is 0 Å². The van der Waals surface area contributed by atoms with Crippen LogP contribution in [0.15, 0.2) is 18.2 Å². The lowest BCUT2D eigenvalue weighted by Crippen LogP contribution is -1.95. The molecule has 1 aromatic carbocycles. The first-order valence-corrected chi connectivity index (χ1v) is 5.85. The summed E-state index contributed by atoms with van der Waals surface area (Å²) in [7, 11) is 0. The molecule has 0 radical (unpaired) electrons. The van der Waals surface area contributed by atoms with Crippen LogP contribution >= 0.6 is 0 Å². The number of aliphatic hydroxyl groups excluding tert-OH is 1. The zero-order chi connectivity index (χ0) is 11.3. The maximum absolute atomic E-state index is 8.76. The topological polar surface area (TPSA) is 20.2 Å². The molecule has 0 spiro atoms. The average molecular weight is 206 g/mol. The summed E-state index contributed by atoms with van der Waals surface area (Å²) in [5, 5.41) is 8.76. The number of hydrogen-bond acceptors (Lipinski definition) is 1. The maximum atomic E-state index is 8.76. The molecule has 0 aliphatic carbocycles. The highest BCUT2D eigenvalue weighted by Crippen LogP contribution is 2.19. The molecule has 84 valence electrons. The SMILES string of the molecule is Cc1ccc(C(C)C)cc1CCCCO. The fourth-order valence-electron chi connectivity index (χ4n) is 1.75. The summed E-state index contributed by atoms with van der Waals surface area (Å²) in [4.78, 5) is 0. The largest absolute Gasteiger partial charge is 0.396 e. The second-order valence-corrected chi connectivity index (χ2v) is 4.52. The van der Waals surface area contributed by atoms with Gasteiger partial charge in [0.25, 0.3) is 0 Å². The molecule has 0 aromatic heterocycles. The lowest BCUT2D eigenvalue weighted by Gasteiger charge is -2.11. The fourth-order valence-corrected chi connectivity index (χ4v) is 1.75. The molecule has 1 heteroatoms. The van der Waals surface area contributed by atoms with Crippen molar-refractivity contribution >= 4 is 0 Å². The summed E-state index contributed by atoms with van der Waals surface area (Å²) in [5.41, 5.74) is 4.23. The Balaban J connectivity index is 2.72. The molecule has 0 aliphatic heterocycles. The zero-order valence-corrected chi connectivity index (χ0v) is 10.1. The van der Waals surface area contributed by atoms with E-state index in [4.69, 9.17) is 5.11 Å². The van der Waals surface area contributed by atoms with E-state index in [0.717, 1.165) is 19.3 Å². The third kappa shape index (κ3) is 3.67. The van der Waals surface area contributed by atoms with Gasteiger partial charge >= 0.3 is 0 Å². The second kappa shape index (κ2) is 5.92. The first kappa shape index (κ1) is 12.3. The zero-order valence-electron chi connectivity index (χ0n) is 10.1. The van der Waals surface area contributed by atoms with Crippen molar-refractivity contribution in [1.29, 1.82) is 0 Å². The van der Waals surface area contributed by atoms with Crippen molar-refractivity contribution < 1.29 is 5.11 Å². The Morgan fingerprint density at radius 2 is 1.93 bits per heavy atom. The minimum atomic E-state index is 0.308. The molecule has 15 heavy (non-hydrogen) atoms. The van der Waals surface area contributed by atoms with Gasteiger partial charge in [-0.25, -0.2) is 0 Å². The van der Waals surface area contributed by atoms with Crippen molar-refractivity contribution in [3.63, 3.8) is 0 Å². The van der Waals surface area contributed by atoms with E-state index in [2.05, 4.69) is 39.0 Å². The van der Waals surface area contributed by atoms with E-state index in [9.17, 15) is 0 Å². The Kier molecular flexibility index (Phi) is 4.83. The Hall–Kier alpha value is -0.820. The van der Waals surface area contributed by atoms with E-state index in [0.29, 0.717) is 12.5 Å². The van der Waals surface area contributed by atoms with Crippen molar-refractivity contribution in [1.82, 2.24) is 0 Å². The molecular formula is C14H22O. The number of aryl methyl sites for hydroxylation is 2. The third-order valence-electron chi connectivity index (χ3n) is 2.89. The predicted octanol–water partition coefficient (Wildman–Crippen LogP) is 3.43. The van der Waals surface area contributed by atoms with Gasteiger partial charge in [0.05, 0.1) is 0 Å². The maximum Gasteiger partial charge on any atom is 0.0431 e. The van der Waals surface area contributed by atoms with Crippen LogP contribution in [-0.4, -0.2) is 11.7 Å². The molecule has 1 rings (SSSR count). The molecule has 1 nitrogen and oxygen atoms in total. The Morgan fingerprint density at radius 1 is 1.20 bits per heavy atom. The van der Waals surface area contributed by atoms with E-state index in [1.54, 1.807) is 0 Å². The molecule has 0 fully saturated rings. The Morgan fingerprint density at radius 3 is 2.53 bits per heavy atom. The highest BCUT2D eigenvalue weighted by atomic mass is 16.2. The first-order valence-electron chi connectivity index (χ1n) is 5.85. The van der Waals surface area contributed by atoms with Gasteiger partial charge in [-0.3, -0.25) is 0 Å². The number of benzene rings is 1. The van der Waals surface area contributed by atoms with E-state index in [-0.39, 0.29) is 0 Å². The van der Waals surface area contributed by atoms with Crippen LogP contribution < -0.4 is 0 Å². The van der Waals surface area contributed by atoms with Gasteiger partial charge in [0.15, 0.2) is 0 Å². The molecule has 0 amide bonds. The van der Waals surface area contributed by atoms with Crippen molar-refractivity contribution in [3.8, 4) is 0 Å². The highest BCUT2D eigenvalue weighted by molar-refractivity contribution is 5.32. The van der Waals surface area contributed by atoms with Gasteiger partial charge in [-0.05, 0) is 48.8 Å². The standard InChI is InChI=1S/C14H22O/c1-11(2)13-8-7-12(3)14(10-13)6-4-5-9-15/h7-8,10-11,15H,4-6,9H2,1-3H3. The van der Waals surface area contributed by atoms with E-state index in [1.165, 1.54) is 16.7 Å². The van der Waals surface area contributed by atoms with Crippen LogP contribution in [-0.2, 0) is 6.42 Å². The molecule has 0 unspecified atom stereocenters. The van der Waals surface area contributed by atoms with Gasteiger partial charge < -0.3 is 5.11 Å². The van der Waals surface area contributed by atoms with E-state index < -0.39 is 0 Å². The predicted molar refractivity (Wildman–Crippen MR) is 65.3 cm³/mol. The van der Waals surface area contributed by atoms with Crippen LogP contribution in [0.25, 0.3) is 0 Å². The number of unbranched alkanes of at least 4 members (excludes halogenated alkanes) is 1.